The van der Waals surface area contributed by atoms with E-state index in [1.165, 1.54) is 17.4 Å². The zero-order valence-corrected chi connectivity index (χ0v) is 18.2. The molecule has 29 heavy (non-hydrogen) atoms. The Morgan fingerprint density at radius 1 is 1.28 bits per heavy atom. The van der Waals surface area contributed by atoms with E-state index >= 15 is 0 Å². The number of hydrogen-bond donors (Lipinski definition) is 1. The summed E-state index contributed by atoms with van der Waals surface area (Å²) < 4.78 is 5.38. The fourth-order valence-electron chi connectivity index (χ4n) is 5.09. The lowest BCUT2D eigenvalue weighted by Crippen LogP contribution is -2.48. The van der Waals surface area contributed by atoms with Crippen molar-refractivity contribution in [2.45, 2.75) is 51.5 Å². The van der Waals surface area contributed by atoms with Crippen LogP contribution in [0.2, 0.25) is 5.02 Å². The number of benzene rings is 2. The van der Waals surface area contributed by atoms with Crippen LogP contribution in [0.25, 0.3) is 0 Å². The van der Waals surface area contributed by atoms with Gasteiger partial charge in [0.1, 0.15) is 12.0 Å². The molecule has 154 valence electrons. The molecule has 3 rings (SSSR count). The molecule has 0 saturated heterocycles. The third kappa shape index (κ3) is 4.26. The Morgan fingerprint density at radius 3 is 2.52 bits per heavy atom. The molecular formula is C25H30ClNO2. The summed E-state index contributed by atoms with van der Waals surface area (Å²) in [5.74, 6) is 0.953. The average Bonchev–Trinajstić information content (AvgIpc) is 2.69. The van der Waals surface area contributed by atoms with Crippen molar-refractivity contribution in [3.63, 3.8) is 0 Å². The predicted octanol–water partition coefficient (Wildman–Crippen LogP) is 6.00. The van der Waals surface area contributed by atoms with E-state index in [9.17, 15) is 4.79 Å². The molecule has 2 aromatic carbocycles. The normalized spacial score (nSPS) is 27.8. The summed E-state index contributed by atoms with van der Waals surface area (Å²) in [7, 11) is 0. The second-order valence-electron chi connectivity index (χ2n) is 8.56. The lowest BCUT2D eigenvalue weighted by atomic mass is 9.55. The highest BCUT2D eigenvalue weighted by atomic mass is 35.5. The summed E-state index contributed by atoms with van der Waals surface area (Å²) in [6.45, 7) is 9.74. The quantitative estimate of drug-likeness (QED) is 0.468. The number of aldehydes is 1. The highest BCUT2D eigenvalue weighted by molar-refractivity contribution is 6.31. The van der Waals surface area contributed by atoms with E-state index in [1.807, 2.05) is 32.0 Å². The van der Waals surface area contributed by atoms with E-state index < -0.39 is 5.41 Å². The number of carbonyl (C=O) groups excluding carboxylic acids is 1. The summed E-state index contributed by atoms with van der Waals surface area (Å²) >= 11 is 6.69. The lowest BCUT2D eigenvalue weighted by molar-refractivity contribution is -0.121. The van der Waals surface area contributed by atoms with Gasteiger partial charge in [0, 0.05) is 16.5 Å². The van der Waals surface area contributed by atoms with Crippen molar-refractivity contribution in [1.82, 2.24) is 0 Å². The van der Waals surface area contributed by atoms with Gasteiger partial charge in [0.15, 0.2) is 0 Å². The number of aryl methyl sites for hydroxylation is 1. The molecule has 4 heteroatoms. The van der Waals surface area contributed by atoms with Crippen molar-refractivity contribution in [3.05, 3.63) is 77.0 Å². The van der Waals surface area contributed by atoms with Crippen molar-refractivity contribution in [2.24, 2.45) is 17.1 Å². The highest BCUT2D eigenvalue weighted by Gasteiger charge is 2.49. The molecule has 5 unspecified atom stereocenters. The molecule has 0 aromatic heterocycles. The smallest absolute Gasteiger partial charge is 0.127 e. The number of halogens is 1. The predicted molar refractivity (Wildman–Crippen MR) is 119 cm³/mol. The molecule has 0 spiro atoms. The number of nitrogens with two attached hydrogens (primary N) is 1. The van der Waals surface area contributed by atoms with Gasteiger partial charge in [0.05, 0.1) is 6.26 Å². The molecule has 3 nitrogen and oxygen atoms in total. The van der Waals surface area contributed by atoms with Gasteiger partial charge in [-0.3, -0.25) is 0 Å². The van der Waals surface area contributed by atoms with Crippen molar-refractivity contribution in [3.8, 4) is 5.75 Å². The first-order valence-corrected chi connectivity index (χ1v) is 10.5. The van der Waals surface area contributed by atoms with Crippen molar-refractivity contribution in [1.29, 1.82) is 0 Å². The lowest BCUT2D eigenvalue weighted by Gasteiger charge is -2.49. The van der Waals surface area contributed by atoms with Crippen LogP contribution >= 0.6 is 11.6 Å². The number of rotatable bonds is 6. The van der Waals surface area contributed by atoms with Crippen LogP contribution in [0.15, 0.2) is 55.3 Å². The molecule has 0 radical (unpaired) electrons. The van der Waals surface area contributed by atoms with Crippen LogP contribution in [0.3, 0.4) is 0 Å². The Balaban J connectivity index is 2.13. The molecule has 5 atom stereocenters. The molecular weight excluding hydrogens is 382 g/mol. The molecule has 2 N–H and O–H groups in total. The van der Waals surface area contributed by atoms with Crippen LogP contribution in [0.1, 0.15) is 55.2 Å². The second-order valence-corrected chi connectivity index (χ2v) is 8.97. The summed E-state index contributed by atoms with van der Waals surface area (Å²) in [4.78, 5) is 12.1. The Bertz CT molecular complexity index is 877. The van der Waals surface area contributed by atoms with Crippen molar-refractivity contribution < 1.29 is 9.53 Å². The number of ether oxygens (including phenoxy) is 1. The van der Waals surface area contributed by atoms with Crippen LogP contribution in [-0.2, 0) is 4.79 Å². The third-order valence-electron chi connectivity index (χ3n) is 6.46. The first kappa shape index (κ1) is 21.6. The van der Waals surface area contributed by atoms with Crippen molar-refractivity contribution >= 4 is 17.9 Å². The van der Waals surface area contributed by atoms with Gasteiger partial charge in [-0.25, -0.2) is 0 Å². The summed E-state index contributed by atoms with van der Waals surface area (Å²) in [5, 5.41) is 0.671. The van der Waals surface area contributed by atoms with Crippen LogP contribution in [0, 0.1) is 18.3 Å². The zero-order valence-electron chi connectivity index (χ0n) is 17.4. The van der Waals surface area contributed by atoms with Crippen LogP contribution in [0.5, 0.6) is 5.75 Å². The minimum atomic E-state index is -0.460. The Labute approximate surface area is 178 Å². The largest absolute Gasteiger partial charge is 0.466 e. The Hall–Kier alpha value is -2.10. The van der Waals surface area contributed by atoms with Gasteiger partial charge >= 0.3 is 0 Å². The van der Waals surface area contributed by atoms with Crippen LogP contribution < -0.4 is 10.5 Å². The highest BCUT2D eigenvalue weighted by Crippen LogP contribution is 2.56. The van der Waals surface area contributed by atoms with Gasteiger partial charge in [-0.15, -0.1) is 0 Å². The molecule has 0 aliphatic heterocycles. The minimum Gasteiger partial charge on any atom is -0.466 e. The molecule has 1 saturated carbocycles. The monoisotopic (exact) mass is 411 g/mol. The third-order valence-corrected chi connectivity index (χ3v) is 6.79. The molecule has 0 bridgehead atoms. The molecule has 2 aromatic rings. The van der Waals surface area contributed by atoms with Gasteiger partial charge in [-0.05, 0) is 67.7 Å². The van der Waals surface area contributed by atoms with Gasteiger partial charge in [0.25, 0.3) is 0 Å². The van der Waals surface area contributed by atoms with E-state index in [4.69, 9.17) is 22.1 Å². The Kier molecular flexibility index (Phi) is 6.50. The average molecular weight is 412 g/mol. The second kappa shape index (κ2) is 8.73. The molecule has 1 aliphatic rings. The molecule has 0 heterocycles. The van der Waals surface area contributed by atoms with E-state index in [2.05, 4.69) is 37.8 Å². The van der Waals surface area contributed by atoms with E-state index in [1.54, 1.807) is 0 Å². The van der Waals surface area contributed by atoms with E-state index in [0.717, 1.165) is 24.7 Å². The summed E-state index contributed by atoms with van der Waals surface area (Å²) in [6, 6.07) is 14.3. The maximum atomic E-state index is 12.1. The first-order chi connectivity index (χ1) is 13.8. The topological polar surface area (TPSA) is 52.3 Å². The summed E-state index contributed by atoms with van der Waals surface area (Å²) in [5.41, 5.74) is 9.53. The molecule has 0 amide bonds. The summed E-state index contributed by atoms with van der Waals surface area (Å²) in [6.07, 6.45) is 4.17. The maximum absolute atomic E-state index is 12.1. The standard InChI is InChI=1S/C25H30ClNO2/c1-5-29-19-10-11-20(22(26)14-19)21-12-13-25(4,15-28)24(17(3)27)23(21)18-8-6-16(2)7-9-18/h5-11,14-15,17,21,23-24H,1,12-13,27H2,2-4H3. The van der Waals surface area contributed by atoms with Gasteiger partial charge in [-0.2, -0.15) is 0 Å². The Morgan fingerprint density at radius 2 is 1.97 bits per heavy atom. The van der Waals surface area contributed by atoms with Crippen molar-refractivity contribution in [2.75, 3.05) is 0 Å². The number of carbonyl (C=O) groups is 1. The van der Waals surface area contributed by atoms with E-state index in [0.29, 0.717) is 10.8 Å². The first-order valence-electron chi connectivity index (χ1n) is 10.2. The SMILES string of the molecule is C=COc1ccc(C2CCC(C)(C=O)C(C(C)N)C2c2ccc(C)cc2)c(Cl)c1. The maximum Gasteiger partial charge on any atom is 0.127 e. The number of hydrogen-bond acceptors (Lipinski definition) is 3. The van der Waals surface area contributed by atoms with Gasteiger partial charge in [-0.1, -0.05) is 61.0 Å². The van der Waals surface area contributed by atoms with Gasteiger partial charge < -0.3 is 15.3 Å². The zero-order chi connectivity index (χ0) is 21.2. The minimum absolute atomic E-state index is 0.0154. The van der Waals surface area contributed by atoms with Crippen LogP contribution in [-0.4, -0.2) is 12.3 Å². The van der Waals surface area contributed by atoms with E-state index in [-0.39, 0.29) is 23.8 Å². The van der Waals surface area contributed by atoms with Crippen LogP contribution in [0.4, 0.5) is 0 Å². The fraction of sp³-hybridized carbons (Fsp3) is 0.400. The van der Waals surface area contributed by atoms with Gasteiger partial charge in [0.2, 0.25) is 0 Å². The molecule has 1 fully saturated rings. The molecule has 1 aliphatic carbocycles. The fourth-order valence-corrected chi connectivity index (χ4v) is 5.40.